The summed E-state index contributed by atoms with van der Waals surface area (Å²) in [7, 11) is 0. The van der Waals surface area contributed by atoms with Crippen LogP contribution in [0.1, 0.15) is 30.6 Å². The molecule has 0 aromatic heterocycles. The normalized spacial score (nSPS) is 16.5. The maximum atomic E-state index is 13.3. The fourth-order valence-electron chi connectivity index (χ4n) is 2.53. The molecule has 116 valence electrons. The molecule has 5 heteroatoms. The van der Waals surface area contributed by atoms with E-state index in [9.17, 15) is 9.18 Å². The van der Waals surface area contributed by atoms with Gasteiger partial charge >= 0.3 is 0 Å². The van der Waals surface area contributed by atoms with Crippen molar-refractivity contribution in [3.8, 4) is 0 Å². The third-order valence-electron chi connectivity index (χ3n) is 3.85. The molecule has 2 rings (SSSR count). The summed E-state index contributed by atoms with van der Waals surface area (Å²) in [5, 5.41) is 0. The van der Waals surface area contributed by atoms with Crippen LogP contribution in [0.15, 0.2) is 18.2 Å². The Morgan fingerprint density at radius 3 is 2.48 bits per heavy atom. The number of amides is 1. The van der Waals surface area contributed by atoms with E-state index in [2.05, 4.69) is 18.7 Å². The zero-order chi connectivity index (χ0) is 15.4. The molecule has 0 bridgehead atoms. The highest BCUT2D eigenvalue weighted by atomic mass is 19.1. The van der Waals surface area contributed by atoms with Crippen LogP contribution in [0.2, 0.25) is 0 Å². The third kappa shape index (κ3) is 4.43. The standard InChI is InChI=1S/C16H24FN3O/c1-12(2)3-4-19-5-7-20(8-6-19)16(21)13-9-14(17)11-15(18)10-13/h9-12H,3-8,18H2,1-2H3. The van der Waals surface area contributed by atoms with Gasteiger partial charge in [0.05, 0.1) is 0 Å². The SMILES string of the molecule is CC(C)CCN1CCN(C(=O)c2cc(N)cc(F)c2)CC1. The lowest BCUT2D eigenvalue weighted by Gasteiger charge is -2.35. The molecule has 1 saturated heterocycles. The Bertz CT molecular complexity index is 476. The molecule has 4 nitrogen and oxygen atoms in total. The first-order valence-corrected chi connectivity index (χ1v) is 7.53. The van der Waals surface area contributed by atoms with Gasteiger partial charge in [0.25, 0.3) is 5.91 Å². The summed E-state index contributed by atoms with van der Waals surface area (Å²) in [6.07, 6.45) is 1.17. The van der Waals surface area contributed by atoms with Crippen molar-refractivity contribution in [2.75, 3.05) is 38.5 Å². The Kier molecular flexibility index (Phi) is 5.17. The van der Waals surface area contributed by atoms with Crippen molar-refractivity contribution in [3.63, 3.8) is 0 Å². The number of hydrogen-bond acceptors (Lipinski definition) is 3. The van der Waals surface area contributed by atoms with E-state index in [1.807, 2.05) is 0 Å². The van der Waals surface area contributed by atoms with Gasteiger partial charge in [0.2, 0.25) is 0 Å². The molecule has 0 atom stereocenters. The summed E-state index contributed by atoms with van der Waals surface area (Å²) in [5.41, 5.74) is 6.22. The molecule has 1 aliphatic rings. The van der Waals surface area contributed by atoms with Gasteiger partial charge in [0, 0.05) is 37.4 Å². The summed E-state index contributed by atoms with van der Waals surface area (Å²) in [4.78, 5) is 16.5. The minimum absolute atomic E-state index is 0.135. The number of nitrogen functional groups attached to an aromatic ring is 1. The van der Waals surface area contributed by atoms with E-state index in [-0.39, 0.29) is 11.6 Å². The first-order chi connectivity index (χ1) is 9.95. The molecule has 2 N–H and O–H groups in total. The van der Waals surface area contributed by atoms with Crippen LogP contribution < -0.4 is 5.73 Å². The second kappa shape index (κ2) is 6.89. The van der Waals surface area contributed by atoms with Crippen molar-refractivity contribution in [2.24, 2.45) is 5.92 Å². The maximum Gasteiger partial charge on any atom is 0.254 e. The molecule has 1 fully saturated rings. The Balaban J connectivity index is 1.91. The monoisotopic (exact) mass is 293 g/mol. The number of nitrogens with two attached hydrogens (primary N) is 1. The van der Waals surface area contributed by atoms with E-state index >= 15 is 0 Å². The Labute approximate surface area is 125 Å². The minimum atomic E-state index is -0.464. The fraction of sp³-hybridized carbons (Fsp3) is 0.562. The third-order valence-corrected chi connectivity index (χ3v) is 3.85. The van der Waals surface area contributed by atoms with Gasteiger partial charge in [-0.05, 0) is 37.1 Å². The van der Waals surface area contributed by atoms with Crippen LogP contribution in [-0.4, -0.2) is 48.4 Å². The Morgan fingerprint density at radius 2 is 1.90 bits per heavy atom. The van der Waals surface area contributed by atoms with E-state index in [1.54, 1.807) is 4.90 Å². The highest BCUT2D eigenvalue weighted by Gasteiger charge is 2.22. The van der Waals surface area contributed by atoms with Crippen LogP contribution in [0.4, 0.5) is 10.1 Å². The van der Waals surface area contributed by atoms with Gasteiger partial charge in [0.15, 0.2) is 0 Å². The van der Waals surface area contributed by atoms with Gasteiger partial charge in [-0.1, -0.05) is 13.8 Å². The number of rotatable bonds is 4. The summed E-state index contributed by atoms with van der Waals surface area (Å²) >= 11 is 0. The van der Waals surface area contributed by atoms with Gasteiger partial charge in [0.1, 0.15) is 5.82 Å². The van der Waals surface area contributed by atoms with E-state index in [0.29, 0.717) is 24.6 Å². The minimum Gasteiger partial charge on any atom is -0.399 e. The van der Waals surface area contributed by atoms with Crippen molar-refractivity contribution >= 4 is 11.6 Å². The lowest BCUT2D eigenvalue weighted by molar-refractivity contribution is 0.0631. The fourth-order valence-corrected chi connectivity index (χ4v) is 2.53. The van der Waals surface area contributed by atoms with Crippen LogP contribution in [-0.2, 0) is 0 Å². The molecule has 0 spiro atoms. The molecule has 0 radical (unpaired) electrons. The van der Waals surface area contributed by atoms with Gasteiger partial charge in [-0.2, -0.15) is 0 Å². The molecule has 0 saturated carbocycles. The highest BCUT2D eigenvalue weighted by Crippen LogP contribution is 2.15. The van der Waals surface area contributed by atoms with E-state index < -0.39 is 5.82 Å². The van der Waals surface area contributed by atoms with E-state index in [0.717, 1.165) is 19.6 Å². The topological polar surface area (TPSA) is 49.6 Å². The van der Waals surface area contributed by atoms with Crippen molar-refractivity contribution in [2.45, 2.75) is 20.3 Å². The Hall–Kier alpha value is -1.62. The van der Waals surface area contributed by atoms with Crippen LogP contribution in [0.25, 0.3) is 0 Å². The quantitative estimate of drug-likeness (QED) is 0.866. The molecule has 0 unspecified atom stereocenters. The zero-order valence-electron chi connectivity index (χ0n) is 12.8. The lowest BCUT2D eigenvalue weighted by Crippen LogP contribution is -2.49. The number of carbonyl (C=O) groups is 1. The average molecular weight is 293 g/mol. The van der Waals surface area contributed by atoms with Crippen LogP contribution >= 0.6 is 0 Å². The molecule has 1 aromatic carbocycles. The second-order valence-corrected chi connectivity index (χ2v) is 6.09. The highest BCUT2D eigenvalue weighted by molar-refractivity contribution is 5.95. The molecule has 1 amide bonds. The van der Waals surface area contributed by atoms with E-state index in [1.165, 1.54) is 24.6 Å². The largest absolute Gasteiger partial charge is 0.399 e. The van der Waals surface area contributed by atoms with Gasteiger partial charge in [-0.25, -0.2) is 4.39 Å². The number of nitrogens with zero attached hydrogens (tertiary/aromatic N) is 2. The molecule has 21 heavy (non-hydrogen) atoms. The molecule has 1 heterocycles. The number of halogens is 1. The van der Waals surface area contributed by atoms with Crippen molar-refractivity contribution in [1.82, 2.24) is 9.80 Å². The summed E-state index contributed by atoms with van der Waals surface area (Å²) < 4.78 is 13.3. The molecular weight excluding hydrogens is 269 g/mol. The first kappa shape index (κ1) is 15.8. The molecular formula is C16H24FN3O. The number of piperazine rings is 1. The summed E-state index contributed by atoms with van der Waals surface area (Å²) in [6.45, 7) is 8.64. The van der Waals surface area contributed by atoms with Crippen molar-refractivity contribution < 1.29 is 9.18 Å². The van der Waals surface area contributed by atoms with Crippen molar-refractivity contribution in [1.29, 1.82) is 0 Å². The van der Waals surface area contributed by atoms with E-state index in [4.69, 9.17) is 5.73 Å². The first-order valence-electron chi connectivity index (χ1n) is 7.53. The molecule has 1 aromatic rings. The van der Waals surface area contributed by atoms with Gasteiger partial charge in [-0.3, -0.25) is 9.69 Å². The van der Waals surface area contributed by atoms with Crippen LogP contribution in [0.5, 0.6) is 0 Å². The van der Waals surface area contributed by atoms with Crippen LogP contribution in [0, 0.1) is 11.7 Å². The van der Waals surface area contributed by atoms with Gasteiger partial charge in [-0.15, -0.1) is 0 Å². The zero-order valence-corrected chi connectivity index (χ0v) is 12.8. The molecule has 0 aliphatic carbocycles. The summed E-state index contributed by atoms with van der Waals surface area (Å²) in [5.74, 6) is 0.0959. The average Bonchev–Trinajstić information content (AvgIpc) is 2.44. The predicted octanol–water partition coefficient (Wildman–Crippen LogP) is 2.21. The number of hydrogen-bond donors (Lipinski definition) is 1. The number of carbonyl (C=O) groups excluding carboxylic acids is 1. The van der Waals surface area contributed by atoms with Crippen LogP contribution in [0.3, 0.4) is 0 Å². The predicted molar refractivity (Wildman–Crippen MR) is 82.6 cm³/mol. The van der Waals surface area contributed by atoms with Crippen molar-refractivity contribution in [3.05, 3.63) is 29.6 Å². The Morgan fingerprint density at radius 1 is 1.24 bits per heavy atom. The number of anilines is 1. The maximum absolute atomic E-state index is 13.3. The lowest BCUT2D eigenvalue weighted by atomic mass is 10.1. The number of benzene rings is 1. The molecule has 1 aliphatic heterocycles. The second-order valence-electron chi connectivity index (χ2n) is 6.09. The van der Waals surface area contributed by atoms with Gasteiger partial charge < -0.3 is 10.6 Å². The summed E-state index contributed by atoms with van der Waals surface area (Å²) in [6, 6.07) is 4.01. The smallest absolute Gasteiger partial charge is 0.254 e.